The summed E-state index contributed by atoms with van der Waals surface area (Å²) in [4.78, 5) is 12.4. The highest BCUT2D eigenvalue weighted by Gasteiger charge is 2.22. The molecular formula is C23H27FN8O2. The lowest BCUT2D eigenvalue weighted by Crippen LogP contribution is -2.36. The minimum absolute atomic E-state index is 0.00346. The number of nitrogen functional groups attached to an aromatic ring is 1. The number of benzene rings is 1. The van der Waals surface area contributed by atoms with Gasteiger partial charge in [-0.3, -0.25) is 5.10 Å². The Bertz CT molecular complexity index is 1330. The number of nitrogens with zero attached hydrogens (tertiary/aromatic N) is 5. The van der Waals surface area contributed by atoms with Gasteiger partial charge in [0.15, 0.2) is 28.5 Å². The van der Waals surface area contributed by atoms with Crippen molar-refractivity contribution in [2.75, 3.05) is 19.1 Å². The van der Waals surface area contributed by atoms with Crippen molar-refractivity contribution in [1.29, 1.82) is 0 Å². The van der Waals surface area contributed by atoms with Gasteiger partial charge in [-0.25, -0.2) is 4.98 Å². The number of nitrogens with one attached hydrogen (secondary N) is 2. The largest absolute Gasteiger partial charge is 0.454 e. The number of nitrogens with two attached hydrogens (primary N) is 1. The molecule has 4 aromatic rings. The molecule has 178 valence electrons. The molecule has 0 spiro atoms. The van der Waals surface area contributed by atoms with Crippen LogP contribution in [0.25, 0.3) is 22.4 Å². The van der Waals surface area contributed by atoms with Gasteiger partial charge in [0.2, 0.25) is 6.79 Å². The Morgan fingerprint density at radius 2 is 1.97 bits per heavy atom. The summed E-state index contributed by atoms with van der Waals surface area (Å²) in [5, 5.41) is 10.7. The van der Waals surface area contributed by atoms with Crippen LogP contribution in [0.1, 0.15) is 38.6 Å². The van der Waals surface area contributed by atoms with E-state index in [0.717, 1.165) is 29.8 Å². The van der Waals surface area contributed by atoms with Crippen LogP contribution in [0.15, 0.2) is 24.4 Å². The second-order valence-corrected chi connectivity index (χ2v) is 9.26. The lowest BCUT2D eigenvalue weighted by Gasteiger charge is -2.20. The van der Waals surface area contributed by atoms with E-state index < -0.39 is 6.08 Å². The van der Waals surface area contributed by atoms with Crippen LogP contribution in [0.5, 0.6) is 11.5 Å². The molecule has 0 aliphatic carbocycles. The number of rotatable bonds is 7. The van der Waals surface area contributed by atoms with Gasteiger partial charge in [0.05, 0.1) is 5.69 Å². The number of aryl methyl sites for hydroxylation is 1. The molecule has 1 aliphatic rings. The monoisotopic (exact) mass is 466 g/mol. The molecule has 11 heteroatoms. The molecule has 0 unspecified atom stereocenters. The Kier molecular flexibility index (Phi) is 5.56. The van der Waals surface area contributed by atoms with Gasteiger partial charge in [0.25, 0.3) is 0 Å². The molecule has 1 aromatic carbocycles. The molecule has 5 rings (SSSR count). The molecule has 0 radical (unpaired) electrons. The molecular weight excluding hydrogens is 439 g/mol. The topological polar surface area (TPSA) is 129 Å². The molecule has 0 atom stereocenters. The van der Waals surface area contributed by atoms with Crippen LogP contribution < -0.4 is 20.5 Å². The van der Waals surface area contributed by atoms with Gasteiger partial charge in [0.1, 0.15) is 5.82 Å². The van der Waals surface area contributed by atoms with Crippen LogP contribution in [0, 0.1) is 6.08 Å². The van der Waals surface area contributed by atoms with Crippen molar-refractivity contribution < 1.29 is 13.9 Å². The van der Waals surface area contributed by atoms with Gasteiger partial charge < -0.3 is 25.1 Å². The number of hydrogen-bond acceptors (Lipinski definition) is 8. The SMILES string of the molecule is CC(C)(C)NCCCn1c(Cc2cc3c(cc2-c2cc[nH]n2)OCO3)nc2c(N)nc(F)nc21. The molecule has 0 bridgehead atoms. The Balaban J connectivity index is 1.54. The Hall–Kier alpha value is -3.73. The number of fused-ring (bicyclic) bond motifs is 2. The molecule has 34 heavy (non-hydrogen) atoms. The van der Waals surface area contributed by atoms with Crippen LogP contribution in [0.2, 0.25) is 0 Å². The van der Waals surface area contributed by atoms with Crippen LogP contribution in [-0.4, -0.2) is 48.6 Å². The summed E-state index contributed by atoms with van der Waals surface area (Å²) in [5.74, 6) is 2.05. The second kappa shape index (κ2) is 8.56. The van der Waals surface area contributed by atoms with Crippen LogP contribution >= 0.6 is 0 Å². The standard InChI is InChI=1S/C23H27FN8O2/c1-23(2,3)26-6-4-8-32-18(28-19-20(25)29-22(24)30-21(19)32)10-13-9-16-17(34-12-33-16)11-14(13)15-5-7-27-31-15/h5,7,9,11,26H,4,6,8,10,12H2,1-3H3,(H,27,31)(H2,25,29,30). The number of hydrogen-bond donors (Lipinski definition) is 3. The van der Waals surface area contributed by atoms with Crippen molar-refractivity contribution in [3.63, 3.8) is 0 Å². The highest BCUT2D eigenvalue weighted by atomic mass is 19.1. The maximum absolute atomic E-state index is 14.1. The van der Waals surface area contributed by atoms with E-state index in [4.69, 9.17) is 20.2 Å². The van der Waals surface area contributed by atoms with E-state index in [1.165, 1.54) is 0 Å². The fourth-order valence-electron chi connectivity index (χ4n) is 4.06. The van der Waals surface area contributed by atoms with Crippen molar-refractivity contribution in [1.82, 2.24) is 35.0 Å². The lowest BCUT2D eigenvalue weighted by atomic mass is 10.0. The van der Waals surface area contributed by atoms with Crippen molar-refractivity contribution in [2.24, 2.45) is 0 Å². The summed E-state index contributed by atoms with van der Waals surface area (Å²) in [6, 6.07) is 5.75. The predicted molar refractivity (Wildman–Crippen MR) is 125 cm³/mol. The van der Waals surface area contributed by atoms with E-state index in [1.54, 1.807) is 6.20 Å². The molecule has 0 amide bonds. The zero-order chi connectivity index (χ0) is 23.9. The Morgan fingerprint density at radius 3 is 2.71 bits per heavy atom. The number of H-pyrrole nitrogens is 1. The Labute approximate surface area is 195 Å². The third-order valence-corrected chi connectivity index (χ3v) is 5.61. The van der Waals surface area contributed by atoms with Crippen LogP contribution in [0.4, 0.5) is 10.2 Å². The summed E-state index contributed by atoms with van der Waals surface area (Å²) in [7, 11) is 0. The highest BCUT2D eigenvalue weighted by Crippen LogP contribution is 2.39. The quantitative estimate of drug-likeness (QED) is 0.280. The third kappa shape index (κ3) is 4.38. The first-order valence-corrected chi connectivity index (χ1v) is 11.1. The summed E-state index contributed by atoms with van der Waals surface area (Å²) >= 11 is 0. The van der Waals surface area contributed by atoms with Gasteiger partial charge in [-0.2, -0.15) is 19.5 Å². The normalized spacial score (nSPS) is 13.2. The average Bonchev–Trinajstić information content (AvgIpc) is 3.50. The fourth-order valence-corrected chi connectivity index (χ4v) is 4.06. The lowest BCUT2D eigenvalue weighted by molar-refractivity contribution is 0.174. The Morgan fingerprint density at radius 1 is 1.18 bits per heavy atom. The molecule has 4 N–H and O–H groups in total. The molecule has 0 saturated heterocycles. The number of halogens is 1. The summed E-state index contributed by atoms with van der Waals surface area (Å²) in [5.41, 5.74) is 9.38. The van der Waals surface area contributed by atoms with E-state index >= 15 is 0 Å². The van der Waals surface area contributed by atoms with E-state index in [1.807, 2.05) is 22.8 Å². The zero-order valence-electron chi connectivity index (χ0n) is 19.4. The molecule has 3 aromatic heterocycles. The van der Waals surface area contributed by atoms with Gasteiger partial charge >= 0.3 is 6.08 Å². The summed E-state index contributed by atoms with van der Waals surface area (Å²) < 4.78 is 27.2. The van der Waals surface area contributed by atoms with E-state index in [0.29, 0.717) is 41.5 Å². The number of aromatic amines is 1. The first-order valence-electron chi connectivity index (χ1n) is 11.1. The van der Waals surface area contributed by atoms with Crippen molar-refractivity contribution in [3.05, 3.63) is 41.9 Å². The average molecular weight is 467 g/mol. The summed E-state index contributed by atoms with van der Waals surface area (Å²) in [6.45, 7) is 7.89. The zero-order valence-corrected chi connectivity index (χ0v) is 19.4. The van der Waals surface area contributed by atoms with E-state index in [-0.39, 0.29) is 18.1 Å². The van der Waals surface area contributed by atoms with Crippen molar-refractivity contribution >= 4 is 17.0 Å². The highest BCUT2D eigenvalue weighted by molar-refractivity contribution is 5.82. The van der Waals surface area contributed by atoms with Gasteiger partial charge in [-0.15, -0.1) is 0 Å². The van der Waals surface area contributed by atoms with E-state index in [2.05, 4.69) is 46.3 Å². The first kappa shape index (κ1) is 22.1. The molecule has 10 nitrogen and oxygen atoms in total. The van der Waals surface area contributed by atoms with Gasteiger partial charge in [-0.1, -0.05) is 0 Å². The van der Waals surface area contributed by atoms with Gasteiger partial charge in [-0.05, 0) is 57.5 Å². The fraction of sp³-hybridized carbons (Fsp3) is 0.391. The molecule has 0 fully saturated rings. The molecule has 4 heterocycles. The van der Waals surface area contributed by atoms with Crippen LogP contribution in [0.3, 0.4) is 0 Å². The molecule has 1 aliphatic heterocycles. The minimum atomic E-state index is -0.870. The van der Waals surface area contributed by atoms with Gasteiger partial charge in [0, 0.05) is 30.3 Å². The van der Waals surface area contributed by atoms with Crippen LogP contribution in [-0.2, 0) is 13.0 Å². The predicted octanol–water partition coefficient (Wildman–Crippen LogP) is 3.04. The minimum Gasteiger partial charge on any atom is -0.454 e. The maximum atomic E-state index is 14.1. The van der Waals surface area contributed by atoms with E-state index in [9.17, 15) is 4.39 Å². The smallest absolute Gasteiger partial charge is 0.312 e. The number of ether oxygens (including phenoxy) is 2. The number of imidazole rings is 1. The number of anilines is 1. The third-order valence-electron chi connectivity index (χ3n) is 5.61. The second-order valence-electron chi connectivity index (χ2n) is 9.26. The van der Waals surface area contributed by atoms with Crippen molar-refractivity contribution in [2.45, 2.75) is 45.7 Å². The summed E-state index contributed by atoms with van der Waals surface area (Å²) in [6.07, 6.45) is 2.13. The number of aromatic nitrogens is 6. The first-order chi connectivity index (χ1) is 16.3. The maximum Gasteiger partial charge on any atom is 0.312 e. The van der Waals surface area contributed by atoms with Crippen molar-refractivity contribution in [3.8, 4) is 22.8 Å². The molecule has 0 saturated carbocycles.